The molecule has 0 heterocycles. The summed E-state index contributed by atoms with van der Waals surface area (Å²) in [6.07, 6.45) is -0.231. The van der Waals surface area contributed by atoms with Crippen LogP contribution in [0.15, 0.2) is 18.2 Å². The SMILES string of the molecule is Nc1ccc2c(c1)CCC(=O)C(F)C2. The molecule has 0 aliphatic heterocycles. The number of halogens is 1. The first-order chi connectivity index (χ1) is 6.66. The van der Waals surface area contributed by atoms with Gasteiger partial charge in [0.1, 0.15) is 0 Å². The fourth-order valence-electron chi connectivity index (χ4n) is 1.80. The second kappa shape index (κ2) is 3.40. The van der Waals surface area contributed by atoms with Crippen LogP contribution in [0.25, 0.3) is 0 Å². The first kappa shape index (κ1) is 9.19. The molecular formula is C11H12FNO. The second-order valence-electron chi connectivity index (χ2n) is 3.67. The number of fused-ring (bicyclic) bond motifs is 1. The lowest BCUT2D eigenvalue weighted by molar-refractivity contribution is -0.123. The highest BCUT2D eigenvalue weighted by atomic mass is 19.1. The van der Waals surface area contributed by atoms with Gasteiger partial charge < -0.3 is 5.73 Å². The highest BCUT2D eigenvalue weighted by Crippen LogP contribution is 2.22. The third-order valence-electron chi connectivity index (χ3n) is 2.62. The molecule has 0 fully saturated rings. The monoisotopic (exact) mass is 193 g/mol. The van der Waals surface area contributed by atoms with Gasteiger partial charge in [-0.05, 0) is 29.7 Å². The first-order valence-corrected chi connectivity index (χ1v) is 4.71. The van der Waals surface area contributed by atoms with E-state index in [2.05, 4.69) is 0 Å². The van der Waals surface area contributed by atoms with Crippen LogP contribution in [0.4, 0.5) is 10.1 Å². The zero-order valence-electron chi connectivity index (χ0n) is 7.79. The average molecular weight is 193 g/mol. The number of alkyl halides is 1. The Kier molecular flexibility index (Phi) is 2.23. The van der Waals surface area contributed by atoms with E-state index < -0.39 is 6.17 Å². The van der Waals surface area contributed by atoms with Crippen molar-refractivity contribution in [2.75, 3.05) is 5.73 Å². The number of carbonyl (C=O) groups excluding carboxylic acids is 1. The Morgan fingerprint density at radius 1 is 1.29 bits per heavy atom. The number of benzene rings is 1. The van der Waals surface area contributed by atoms with Crippen molar-refractivity contribution in [2.24, 2.45) is 0 Å². The van der Waals surface area contributed by atoms with E-state index in [0.717, 1.165) is 11.1 Å². The molecule has 0 amide bonds. The van der Waals surface area contributed by atoms with Crippen molar-refractivity contribution >= 4 is 11.5 Å². The van der Waals surface area contributed by atoms with Crippen LogP contribution < -0.4 is 5.73 Å². The first-order valence-electron chi connectivity index (χ1n) is 4.71. The maximum Gasteiger partial charge on any atom is 0.167 e. The van der Waals surface area contributed by atoms with Crippen LogP contribution in [-0.4, -0.2) is 12.0 Å². The summed E-state index contributed by atoms with van der Waals surface area (Å²) in [5.74, 6) is -0.292. The molecule has 14 heavy (non-hydrogen) atoms. The fraction of sp³-hybridized carbons (Fsp3) is 0.364. The molecule has 1 aromatic carbocycles. The number of nitrogens with two attached hydrogens (primary N) is 1. The number of rotatable bonds is 0. The lowest BCUT2D eigenvalue weighted by atomic mass is 10.0. The van der Waals surface area contributed by atoms with Crippen molar-refractivity contribution in [3.63, 3.8) is 0 Å². The Balaban J connectivity index is 2.37. The molecule has 3 heteroatoms. The number of nitrogen functional groups attached to an aromatic ring is 1. The predicted molar refractivity (Wildman–Crippen MR) is 52.8 cm³/mol. The van der Waals surface area contributed by atoms with E-state index >= 15 is 0 Å². The summed E-state index contributed by atoms with van der Waals surface area (Å²) in [6, 6.07) is 5.40. The molecule has 2 rings (SSSR count). The van der Waals surface area contributed by atoms with Crippen LogP contribution in [0, 0.1) is 0 Å². The molecule has 1 aliphatic rings. The summed E-state index contributed by atoms with van der Waals surface area (Å²) in [5, 5.41) is 0. The van der Waals surface area contributed by atoms with Crippen LogP contribution in [0.3, 0.4) is 0 Å². The van der Waals surface area contributed by atoms with Crippen LogP contribution >= 0.6 is 0 Å². The Bertz CT molecular complexity index is 376. The lowest BCUT2D eigenvalue weighted by Gasteiger charge is -2.06. The van der Waals surface area contributed by atoms with Gasteiger partial charge in [-0.15, -0.1) is 0 Å². The number of aryl methyl sites for hydroxylation is 1. The molecule has 1 aliphatic carbocycles. The Hall–Kier alpha value is -1.38. The van der Waals surface area contributed by atoms with Gasteiger partial charge in [0, 0.05) is 18.5 Å². The number of hydrogen-bond donors (Lipinski definition) is 1. The minimum atomic E-state index is -1.33. The molecule has 0 saturated carbocycles. The minimum Gasteiger partial charge on any atom is -0.399 e. The van der Waals surface area contributed by atoms with Crippen molar-refractivity contribution in [3.05, 3.63) is 29.3 Å². The van der Waals surface area contributed by atoms with Crippen molar-refractivity contribution in [2.45, 2.75) is 25.4 Å². The standard InChI is InChI=1S/C11H12FNO/c12-10-6-8-1-3-9(13)5-7(8)2-4-11(10)14/h1,3,5,10H,2,4,6,13H2. The van der Waals surface area contributed by atoms with Gasteiger partial charge in [0.15, 0.2) is 12.0 Å². The molecule has 1 atom stereocenters. The maximum absolute atomic E-state index is 13.2. The van der Waals surface area contributed by atoms with Gasteiger partial charge in [-0.1, -0.05) is 6.07 Å². The number of hydrogen-bond acceptors (Lipinski definition) is 2. The van der Waals surface area contributed by atoms with Gasteiger partial charge in [0.05, 0.1) is 0 Å². The molecule has 1 aromatic rings. The van der Waals surface area contributed by atoms with E-state index in [1.165, 1.54) is 0 Å². The van der Waals surface area contributed by atoms with Gasteiger partial charge in [-0.2, -0.15) is 0 Å². The van der Waals surface area contributed by atoms with E-state index in [-0.39, 0.29) is 18.6 Å². The van der Waals surface area contributed by atoms with Gasteiger partial charge in [-0.3, -0.25) is 4.79 Å². The molecular weight excluding hydrogens is 181 g/mol. The smallest absolute Gasteiger partial charge is 0.167 e. The molecule has 0 bridgehead atoms. The highest BCUT2D eigenvalue weighted by Gasteiger charge is 2.22. The van der Waals surface area contributed by atoms with Gasteiger partial charge in [-0.25, -0.2) is 4.39 Å². The number of ketones is 1. The molecule has 1 unspecified atom stereocenters. The minimum absolute atomic E-state index is 0.203. The van der Waals surface area contributed by atoms with Crippen molar-refractivity contribution in [1.82, 2.24) is 0 Å². The third kappa shape index (κ3) is 1.62. The number of Topliss-reactive ketones (excluding diaryl/α,β-unsaturated/α-hetero) is 1. The van der Waals surface area contributed by atoms with Crippen molar-refractivity contribution in [1.29, 1.82) is 0 Å². The molecule has 0 spiro atoms. The zero-order valence-corrected chi connectivity index (χ0v) is 7.79. The molecule has 0 radical (unpaired) electrons. The van der Waals surface area contributed by atoms with Crippen LogP contribution in [0.5, 0.6) is 0 Å². The molecule has 74 valence electrons. The quantitative estimate of drug-likeness (QED) is 0.503. The van der Waals surface area contributed by atoms with Gasteiger partial charge in [0.2, 0.25) is 0 Å². The van der Waals surface area contributed by atoms with E-state index in [0.29, 0.717) is 12.1 Å². The summed E-state index contributed by atoms with van der Waals surface area (Å²) in [5.41, 5.74) is 8.22. The summed E-state index contributed by atoms with van der Waals surface area (Å²) in [4.78, 5) is 11.2. The average Bonchev–Trinajstić information content (AvgIpc) is 2.29. The molecule has 0 saturated heterocycles. The summed E-state index contributed by atoms with van der Waals surface area (Å²) >= 11 is 0. The number of anilines is 1. The van der Waals surface area contributed by atoms with Crippen LogP contribution in [0.2, 0.25) is 0 Å². The normalized spacial score (nSPS) is 21.5. The Labute approximate surface area is 81.9 Å². The molecule has 2 nitrogen and oxygen atoms in total. The van der Waals surface area contributed by atoms with E-state index in [4.69, 9.17) is 5.73 Å². The fourth-order valence-corrected chi connectivity index (χ4v) is 1.80. The van der Waals surface area contributed by atoms with Crippen molar-refractivity contribution < 1.29 is 9.18 Å². The second-order valence-corrected chi connectivity index (χ2v) is 3.67. The topological polar surface area (TPSA) is 43.1 Å². The van der Waals surface area contributed by atoms with Crippen molar-refractivity contribution in [3.8, 4) is 0 Å². The Morgan fingerprint density at radius 3 is 2.86 bits per heavy atom. The zero-order chi connectivity index (χ0) is 10.1. The largest absolute Gasteiger partial charge is 0.399 e. The van der Waals surface area contributed by atoms with Gasteiger partial charge in [0.25, 0.3) is 0 Å². The summed E-state index contributed by atoms with van der Waals surface area (Å²) in [6.45, 7) is 0. The predicted octanol–water partition coefficient (Wildman–Crippen LogP) is 1.66. The molecule has 2 N–H and O–H groups in total. The van der Waals surface area contributed by atoms with Gasteiger partial charge >= 0.3 is 0 Å². The van der Waals surface area contributed by atoms with E-state index in [1.807, 2.05) is 12.1 Å². The van der Waals surface area contributed by atoms with E-state index in [1.54, 1.807) is 6.07 Å². The summed E-state index contributed by atoms with van der Waals surface area (Å²) < 4.78 is 13.2. The molecule has 0 aromatic heterocycles. The number of carbonyl (C=O) groups is 1. The third-order valence-corrected chi connectivity index (χ3v) is 2.62. The lowest BCUT2D eigenvalue weighted by Crippen LogP contribution is -2.15. The van der Waals surface area contributed by atoms with Crippen LogP contribution in [-0.2, 0) is 17.6 Å². The summed E-state index contributed by atoms with van der Waals surface area (Å²) in [7, 11) is 0. The highest BCUT2D eigenvalue weighted by molar-refractivity contribution is 5.84. The van der Waals surface area contributed by atoms with Crippen LogP contribution in [0.1, 0.15) is 17.5 Å². The van der Waals surface area contributed by atoms with E-state index in [9.17, 15) is 9.18 Å². The maximum atomic E-state index is 13.2. The Morgan fingerprint density at radius 2 is 2.07 bits per heavy atom.